The van der Waals surface area contributed by atoms with Crippen LogP contribution in [0.1, 0.15) is 29.3 Å². The van der Waals surface area contributed by atoms with Crippen LogP contribution in [0.3, 0.4) is 0 Å². The molecular formula is C32H27N3O3. The number of carbonyl (C=O) groups is 2. The molecular weight excluding hydrogens is 474 g/mol. The summed E-state index contributed by atoms with van der Waals surface area (Å²) in [7, 11) is 1.56. The third-order valence-electron chi connectivity index (χ3n) is 7.98. The summed E-state index contributed by atoms with van der Waals surface area (Å²) in [6.45, 7) is 2.88. The lowest BCUT2D eigenvalue weighted by molar-refractivity contribution is -0.115. The van der Waals surface area contributed by atoms with Crippen LogP contribution in [0.2, 0.25) is 0 Å². The first-order chi connectivity index (χ1) is 18.5. The van der Waals surface area contributed by atoms with Crippen LogP contribution in [0.5, 0.6) is 5.75 Å². The number of hydrogen-bond acceptors (Lipinski definition) is 4. The molecule has 2 amide bonds. The van der Waals surface area contributed by atoms with Crippen LogP contribution in [0.25, 0.3) is 32.3 Å². The van der Waals surface area contributed by atoms with E-state index in [9.17, 15) is 9.59 Å². The van der Waals surface area contributed by atoms with E-state index >= 15 is 0 Å². The molecule has 0 saturated carbocycles. The van der Waals surface area contributed by atoms with Crippen molar-refractivity contribution >= 4 is 61.7 Å². The van der Waals surface area contributed by atoms with Gasteiger partial charge in [0.15, 0.2) is 0 Å². The highest BCUT2D eigenvalue weighted by atomic mass is 16.5. The van der Waals surface area contributed by atoms with Crippen molar-refractivity contribution in [3.8, 4) is 5.75 Å². The number of hydrogen-bond donors (Lipinski definition) is 1. The highest BCUT2D eigenvalue weighted by Crippen LogP contribution is 2.38. The molecule has 1 saturated heterocycles. The number of aliphatic imine (C=N–C) groups is 1. The molecule has 2 atom stereocenters. The van der Waals surface area contributed by atoms with Gasteiger partial charge in [-0.05, 0) is 57.5 Å². The molecule has 2 aliphatic heterocycles. The molecule has 1 unspecified atom stereocenters. The van der Waals surface area contributed by atoms with E-state index in [1.54, 1.807) is 13.2 Å². The summed E-state index contributed by atoms with van der Waals surface area (Å²) in [6, 6.07) is 22.4. The van der Waals surface area contributed by atoms with Gasteiger partial charge < -0.3 is 15.0 Å². The number of benzene rings is 5. The van der Waals surface area contributed by atoms with Crippen LogP contribution in [-0.4, -0.2) is 42.6 Å². The highest BCUT2D eigenvalue weighted by Gasteiger charge is 2.35. The van der Waals surface area contributed by atoms with Crippen molar-refractivity contribution in [1.82, 2.24) is 4.90 Å². The lowest BCUT2D eigenvalue weighted by atomic mass is 9.93. The van der Waals surface area contributed by atoms with E-state index in [2.05, 4.69) is 65.8 Å². The van der Waals surface area contributed by atoms with Crippen LogP contribution >= 0.6 is 0 Å². The van der Waals surface area contributed by atoms with Crippen molar-refractivity contribution in [2.75, 3.05) is 19.0 Å². The largest absolute Gasteiger partial charge is 0.496 e. The maximum atomic E-state index is 13.3. The summed E-state index contributed by atoms with van der Waals surface area (Å²) in [6.07, 6.45) is 2.88. The second-order valence-electron chi connectivity index (χ2n) is 10.5. The van der Waals surface area contributed by atoms with E-state index in [0.717, 1.165) is 34.8 Å². The first-order valence-corrected chi connectivity index (χ1v) is 13.0. The molecule has 0 bridgehead atoms. The lowest BCUT2D eigenvalue weighted by Gasteiger charge is -2.20. The van der Waals surface area contributed by atoms with Crippen molar-refractivity contribution in [1.29, 1.82) is 0 Å². The number of methoxy groups -OCH3 is 1. The van der Waals surface area contributed by atoms with E-state index in [0.29, 0.717) is 28.5 Å². The summed E-state index contributed by atoms with van der Waals surface area (Å²) in [5.41, 5.74) is 2.58. The molecule has 5 aromatic rings. The Hall–Kier alpha value is -4.45. The van der Waals surface area contributed by atoms with Crippen molar-refractivity contribution in [3.05, 3.63) is 77.9 Å². The van der Waals surface area contributed by atoms with Crippen molar-refractivity contribution < 1.29 is 14.3 Å². The zero-order valence-electron chi connectivity index (χ0n) is 21.3. The Morgan fingerprint density at radius 2 is 1.76 bits per heavy atom. The Labute approximate surface area is 220 Å². The third-order valence-corrected chi connectivity index (χ3v) is 7.98. The standard InChI is InChI=1S/C32H27N3O3/c1-18-12-23-16-33-27-13-22(28(38-2)15-25(27)32(37)35(23)17-18)14-29(36)34-26-11-9-21-7-6-19-4-3-5-20-8-10-24(26)31(21)30(19)20/h3-11,13,15-16,18,23H,12,14,17H2,1-2H3,(H,34,36)/t18?,23-/m0/s1. The fourth-order valence-electron chi connectivity index (χ4n) is 6.21. The van der Waals surface area contributed by atoms with Gasteiger partial charge in [-0.3, -0.25) is 14.6 Å². The van der Waals surface area contributed by atoms with Crippen molar-refractivity contribution in [2.45, 2.75) is 25.8 Å². The van der Waals surface area contributed by atoms with Crippen molar-refractivity contribution in [3.63, 3.8) is 0 Å². The van der Waals surface area contributed by atoms with Crippen LogP contribution in [0, 0.1) is 5.92 Å². The van der Waals surface area contributed by atoms with E-state index < -0.39 is 0 Å². The van der Waals surface area contributed by atoms with Gasteiger partial charge >= 0.3 is 0 Å². The highest BCUT2D eigenvalue weighted by molar-refractivity contribution is 6.25. The summed E-state index contributed by atoms with van der Waals surface area (Å²) < 4.78 is 5.63. The number of amides is 2. The molecule has 1 fully saturated rings. The molecule has 6 nitrogen and oxygen atoms in total. The fraction of sp³-hybridized carbons (Fsp3) is 0.219. The van der Waals surface area contributed by atoms with E-state index in [-0.39, 0.29) is 24.3 Å². The second kappa shape index (κ2) is 8.55. The second-order valence-corrected chi connectivity index (χ2v) is 10.5. The Kier molecular flexibility index (Phi) is 5.11. The first-order valence-electron chi connectivity index (χ1n) is 13.0. The number of nitrogens with one attached hydrogen (secondary N) is 1. The molecule has 7 rings (SSSR count). The van der Waals surface area contributed by atoms with Crippen LogP contribution < -0.4 is 10.1 Å². The van der Waals surface area contributed by atoms with E-state index in [4.69, 9.17) is 4.74 Å². The SMILES string of the molecule is COc1cc2c(cc1CC(=O)Nc1ccc3ccc4cccc5ccc1c3c45)N=C[C@@H]1CC(C)CN1C2=O. The maximum absolute atomic E-state index is 13.3. The molecule has 38 heavy (non-hydrogen) atoms. The number of carbonyl (C=O) groups excluding carboxylic acids is 2. The monoisotopic (exact) mass is 501 g/mol. The summed E-state index contributed by atoms with van der Waals surface area (Å²) in [5, 5.41) is 10.0. The van der Waals surface area contributed by atoms with E-state index in [1.807, 2.05) is 23.2 Å². The van der Waals surface area contributed by atoms with Gasteiger partial charge in [-0.15, -0.1) is 0 Å². The maximum Gasteiger partial charge on any atom is 0.256 e. The van der Waals surface area contributed by atoms with E-state index in [1.165, 1.54) is 16.2 Å². The fourth-order valence-corrected chi connectivity index (χ4v) is 6.21. The van der Waals surface area contributed by atoms with Gasteiger partial charge in [-0.2, -0.15) is 0 Å². The minimum absolute atomic E-state index is 0.0113. The predicted molar refractivity (Wildman–Crippen MR) is 152 cm³/mol. The van der Waals surface area contributed by atoms with Gasteiger partial charge in [0.1, 0.15) is 5.75 Å². The average molecular weight is 502 g/mol. The normalized spacial score (nSPS) is 18.7. The van der Waals surface area contributed by atoms with Crippen LogP contribution in [-0.2, 0) is 11.2 Å². The average Bonchev–Trinajstić information content (AvgIpc) is 3.26. The molecule has 0 aromatic heterocycles. The molecule has 2 heterocycles. The number of ether oxygens (including phenoxy) is 1. The third kappa shape index (κ3) is 3.51. The molecule has 0 spiro atoms. The molecule has 2 aliphatic rings. The molecule has 0 aliphatic carbocycles. The Balaban J connectivity index is 1.22. The minimum atomic E-state index is -0.156. The van der Waals surface area contributed by atoms with Gasteiger partial charge in [0.25, 0.3) is 5.91 Å². The summed E-state index contributed by atoms with van der Waals surface area (Å²) >= 11 is 0. The zero-order chi connectivity index (χ0) is 26.0. The number of fused-ring (bicyclic) bond motifs is 2. The topological polar surface area (TPSA) is 71.0 Å². The summed E-state index contributed by atoms with van der Waals surface area (Å²) in [4.78, 5) is 33.2. The minimum Gasteiger partial charge on any atom is -0.496 e. The van der Waals surface area contributed by atoms with Crippen LogP contribution in [0.15, 0.2) is 71.7 Å². The van der Waals surface area contributed by atoms with Gasteiger partial charge in [0, 0.05) is 29.4 Å². The summed E-state index contributed by atoms with van der Waals surface area (Å²) in [5.74, 6) is 0.775. The predicted octanol–water partition coefficient (Wildman–Crippen LogP) is 6.34. The van der Waals surface area contributed by atoms with Crippen molar-refractivity contribution in [2.24, 2.45) is 10.9 Å². The van der Waals surface area contributed by atoms with Gasteiger partial charge in [0.05, 0.1) is 30.8 Å². The molecule has 0 radical (unpaired) electrons. The van der Waals surface area contributed by atoms with Crippen LogP contribution in [0.4, 0.5) is 11.4 Å². The smallest absolute Gasteiger partial charge is 0.256 e. The Morgan fingerprint density at radius 1 is 1.03 bits per heavy atom. The number of nitrogens with zero attached hydrogens (tertiary/aromatic N) is 2. The number of anilines is 1. The van der Waals surface area contributed by atoms with Gasteiger partial charge in [0.2, 0.25) is 5.91 Å². The van der Waals surface area contributed by atoms with Gasteiger partial charge in [-0.1, -0.05) is 55.5 Å². The molecule has 6 heteroatoms. The Bertz CT molecular complexity index is 1770. The lowest BCUT2D eigenvalue weighted by Crippen LogP contribution is -2.35. The first kappa shape index (κ1) is 22.7. The molecule has 5 aromatic carbocycles. The molecule has 1 N–H and O–H groups in total. The molecule has 188 valence electrons. The quantitative estimate of drug-likeness (QED) is 0.292. The zero-order valence-corrected chi connectivity index (χ0v) is 21.3. The van der Waals surface area contributed by atoms with Gasteiger partial charge in [-0.25, -0.2) is 0 Å². The Morgan fingerprint density at radius 3 is 2.55 bits per heavy atom. The number of rotatable bonds is 4.